The molecule has 0 radical (unpaired) electrons. The van der Waals surface area contributed by atoms with Crippen LogP contribution in [0.25, 0.3) is 0 Å². The van der Waals surface area contributed by atoms with Gasteiger partial charge in [0.2, 0.25) is 0 Å². The molecule has 0 saturated carbocycles. The Hall–Kier alpha value is -0.0800. The summed E-state index contributed by atoms with van der Waals surface area (Å²) in [4.78, 5) is 6.68. The molecule has 1 rings (SSSR count). The molecule has 1 unspecified atom stereocenters. The van der Waals surface area contributed by atoms with Gasteiger partial charge >= 0.3 is 0 Å². The third-order valence-electron chi connectivity index (χ3n) is 3.45. The Labute approximate surface area is 140 Å². The molecule has 1 atom stereocenters. The van der Waals surface area contributed by atoms with Crippen LogP contribution in [-0.4, -0.2) is 63.3 Å². The average Bonchev–Trinajstić information content (AvgIpc) is 2.94. The van der Waals surface area contributed by atoms with E-state index in [1.165, 1.54) is 19.4 Å². The quantitative estimate of drug-likeness (QED) is 0.371. The number of guanidine groups is 1. The Morgan fingerprint density at radius 1 is 1.30 bits per heavy atom. The van der Waals surface area contributed by atoms with Crippen LogP contribution in [0, 0.1) is 0 Å². The molecule has 20 heavy (non-hydrogen) atoms. The van der Waals surface area contributed by atoms with Gasteiger partial charge in [0.15, 0.2) is 5.96 Å². The predicted octanol–water partition coefficient (Wildman–Crippen LogP) is 1.68. The van der Waals surface area contributed by atoms with Crippen molar-refractivity contribution in [3.05, 3.63) is 0 Å². The highest BCUT2D eigenvalue weighted by Crippen LogP contribution is 2.10. The third kappa shape index (κ3) is 8.26. The molecule has 6 heteroatoms. The highest BCUT2D eigenvalue weighted by molar-refractivity contribution is 14.0. The summed E-state index contributed by atoms with van der Waals surface area (Å²) >= 11 is 0. The molecule has 120 valence electrons. The number of rotatable bonds is 8. The molecule has 0 amide bonds. The Morgan fingerprint density at radius 2 is 2.10 bits per heavy atom. The van der Waals surface area contributed by atoms with Crippen molar-refractivity contribution in [2.24, 2.45) is 4.99 Å². The predicted molar refractivity (Wildman–Crippen MR) is 96.2 cm³/mol. The molecule has 1 fully saturated rings. The van der Waals surface area contributed by atoms with Crippen LogP contribution in [0.1, 0.15) is 33.1 Å². The van der Waals surface area contributed by atoms with Crippen molar-refractivity contribution < 1.29 is 4.74 Å². The number of halogens is 1. The second-order valence-corrected chi connectivity index (χ2v) is 4.95. The zero-order valence-corrected chi connectivity index (χ0v) is 15.5. The van der Waals surface area contributed by atoms with E-state index in [0.29, 0.717) is 6.10 Å². The Bertz CT molecular complexity index is 258. The van der Waals surface area contributed by atoms with Gasteiger partial charge < -0.3 is 20.3 Å². The van der Waals surface area contributed by atoms with Gasteiger partial charge in [-0.1, -0.05) is 13.8 Å². The van der Waals surface area contributed by atoms with E-state index in [-0.39, 0.29) is 24.0 Å². The van der Waals surface area contributed by atoms with Crippen LogP contribution >= 0.6 is 24.0 Å². The standard InChI is InChI=1S/C14H30N4O.HI/c1-4-9-18(5-2)10-8-16-14(15-3)17-12-13-7-6-11-19-13;/h13H,4-12H2,1-3H3,(H2,15,16,17);1H. The van der Waals surface area contributed by atoms with Crippen LogP contribution in [0.5, 0.6) is 0 Å². The molecule has 1 aliphatic rings. The SMILES string of the molecule is CCCN(CC)CCNC(=NC)NCC1CCCO1.I. The van der Waals surface area contributed by atoms with Crippen molar-refractivity contribution in [2.45, 2.75) is 39.2 Å². The monoisotopic (exact) mass is 398 g/mol. The van der Waals surface area contributed by atoms with Gasteiger partial charge in [-0.15, -0.1) is 24.0 Å². The maximum Gasteiger partial charge on any atom is 0.191 e. The second-order valence-electron chi connectivity index (χ2n) is 4.95. The first kappa shape index (κ1) is 19.9. The number of aliphatic imine (C=N–C) groups is 1. The first-order valence-electron chi connectivity index (χ1n) is 7.58. The molecule has 0 aromatic heterocycles. The minimum absolute atomic E-state index is 0. The van der Waals surface area contributed by atoms with Gasteiger partial charge in [0.05, 0.1) is 6.10 Å². The number of nitrogens with one attached hydrogen (secondary N) is 2. The van der Waals surface area contributed by atoms with Gasteiger partial charge in [-0.3, -0.25) is 4.99 Å². The molecule has 0 aromatic carbocycles. The zero-order chi connectivity index (χ0) is 13.9. The first-order chi connectivity index (χ1) is 9.30. The first-order valence-corrected chi connectivity index (χ1v) is 7.58. The minimum atomic E-state index is 0. The molecule has 2 N–H and O–H groups in total. The van der Waals surface area contributed by atoms with Crippen molar-refractivity contribution in [2.75, 3.05) is 46.4 Å². The Kier molecular flexibility index (Phi) is 12.6. The third-order valence-corrected chi connectivity index (χ3v) is 3.45. The summed E-state index contributed by atoms with van der Waals surface area (Å²) in [5.41, 5.74) is 0. The normalized spacial score (nSPS) is 19.0. The van der Waals surface area contributed by atoms with Crippen LogP contribution in [0.2, 0.25) is 0 Å². The fourth-order valence-electron chi connectivity index (χ4n) is 2.31. The van der Waals surface area contributed by atoms with E-state index in [1.54, 1.807) is 0 Å². The average molecular weight is 398 g/mol. The lowest BCUT2D eigenvalue weighted by molar-refractivity contribution is 0.114. The molecule has 1 aliphatic heterocycles. The number of hydrogen-bond acceptors (Lipinski definition) is 3. The van der Waals surface area contributed by atoms with Crippen LogP contribution in [0.3, 0.4) is 0 Å². The highest BCUT2D eigenvalue weighted by atomic mass is 127. The van der Waals surface area contributed by atoms with Crippen LogP contribution in [-0.2, 0) is 4.74 Å². The topological polar surface area (TPSA) is 48.9 Å². The second kappa shape index (κ2) is 12.6. The molecule has 1 heterocycles. The molecule has 0 bridgehead atoms. The van der Waals surface area contributed by atoms with E-state index in [2.05, 4.69) is 34.4 Å². The molecule has 0 spiro atoms. The molecule has 0 aromatic rings. The van der Waals surface area contributed by atoms with Crippen LogP contribution < -0.4 is 10.6 Å². The van der Waals surface area contributed by atoms with E-state index in [0.717, 1.165) is 45.2 Å². The molecule has 1 saturated heterocycles. The lowest BCUT2D eigenvalue weighted by Crippen LogP contribution is -2.44. The number of nitrogens with zero attached hydrogens (tertiary/aromatic N) is 2. The smallest absolute Gasteiger partial charge is 0.191 e. The highest BCUT2D eigenvalue weighted by Gasteiger charge is 2.15. The Balaban J connectivity index is 0.00000361. The van der Waals surface area contributed by atoms with Crippen molar-refractivity contribution >= 4 is 29.9 Å². The van der Waals surface area contributed by atoms with Gasteiger partial charge in [0, 0.05) is 33.3 Å². The van der Waals surface area contributed by atoms with Crippen molar-refractivity contribution in [1.29, 1.82) is 0 Å². The number of hydrogen-bond donors (Lipinski definition) is 2. The van der Waals surface area contributed by atoms with E-state index in [1.807, 2.05) is 7.05 Å². The lowest BCUT2D eigenvalue weighted by Gasteiger charge is -2.21. The van der Waals surface area contributed by atoms with Gasteiger partial charge in [0.1, 0.15) is 0 Å². The summed E-state index contributed by atoms with van der Waals surface area (Å²) in [6.07, 6.45) is 3.90. The summed E-state index contributed by atoms with van der Waals surface area (Å²) in [7, 11) is 1.81. The van der Waals surface area contributed by atoms with Gasteiger partial charge in [0.25, 0.3) is 0 Å². The van der Waals surface area contributed by atoms with Gasteiger partial charge in [-0.25, -0.2) is 0 Å². The number of likely N-dealkylation sites (N-methyl/N-ethyl adjacent to an activating group) is 1. The van der Waals surface area contributed by atoms with E-state index >= 15 is 0 Å². The molecular weight excluding hydrogens is 367 g/mol. The summed E-state index contributed by atoms with van der Waals surface area (Å²) in [6.45, 7) is 10.5. The molecule has 0 aliphatic carbocycles. The van der Waals surface area contributed by atoms with E-state index in [4.69, 9.17) is 4.74 Å². The Morgan fingerprint density at radius 3 is 2.65 bits per heavy atom. The molecule has 5 nitrogen and oxygen atoms in total. The number of ether oxygens (including phenoxy) is 1. The van der Waals surface area contributed by atoms with E-state index < -0.39 is 0 Å². The van der Waals surface area contributed by atoms with Gasteiger partial charge in [-0.2, -0.15) is 0 Å². The largest absolute Gasteiger partial charge is 0.376 e. The zero-order valence-electron chi connectivity index (χ0n) is 13.2. The molecular formula is C14H31IN4O. The van der Waals surface area contributed by atoms with Crippen molar-refractivity contribution in [3.8, 4) is 0 Å². The lowest BCUT2D eigenvalue weighted by atomic mass is 10.2. The summed E-state index contributed by atoms with van der Waals surface area (Å²) in [5, 5.41) is 6.69. The fourth-order valence-corrected chi connectivity index (χ4v) is 2.31. The van der Waals surface area contributed by atoms with Crippen LogP contribution in [0.4, 0.5) is 0 Å². The maximum atomic E-state index is 5.59. The summed E-state index contributed by atoms with van der Waals surface area (Å²) in [6, 6.07) is 0. The van der Waals surface area contributed by atoms with Crippen molar-refractivity contribution in [1.82, 2.24) is 15.5 Å². The minimum Gasteiger partial charge on any atom is -0.376 e. The van der Waals surface area contributed by atoms with Gasteiger partial charge in [-0.05, 0) is 32.4 Å². The summed E-state index contributed by atoms with van der Waals surface area (Å²) < 4.78 is 5.59. The van der Waals surface area contributed by atoms with E-state index in [9.17, 15) is 0 Å². The summed E-state index contributed by atoms with van der Waals surface area (Å²) in [5.74, 6) is 0.878. The maximum absolute atomic E-state index is 5.59. The fraction of sp³-hybridized carbons (Fsp3) is 0.929. The van der Waals surface area contributed by atoms with Crippen LogP contribution in [0.15, 0.2) is 4.99 Å². The van der Waals surface area contributed by atoms with Crippen molar-refractivity contribution in [3.63, 3.8) is 0 Å².